The molecule has 2 nitrogen and oxygen atoms in total. The SMILES string of the molecule is CC1(C)c2ccccc2C(c2ccc(F)c(-c3[c-]cccc3)n2)(c2ccc(F)c(-c3[c-]cccc3)n2)c2ccccc21.[Pt+2]. The van der Waals surface area contributed by atoms with Crippen molar-refractivity contribution in [3.05, 3.63) is 179 Å². The molecule has 0 spiro atoms. The molecular formula is C38H26F2N2Pt. The van der Waals surface area contributed by atoms with Gasteiger partial charge in [0.05, 0.1) is 11.4 Å². The molecule has 0 saturated heterocycles. The second-order valence-corrected chi connectivity index (χ2v) is 11.1. The normalized spacial score (nSPS) is 14.2. The first-order valence-corrected chi connectivity index (χ1v) is 13.9. The molecule has 0 saturated carbocycles. The Morgan fingerprint density at radius 3 is 1.30 bits per heavy atom. The van der Waals surface area contributed by atoms with E-state index in [2.05, 4.69) is 50.2 Å². The fraction of sp³-hybridized carbons (Fsp3) is 0.105. The summed E-state index contributed by atoms with van der Waals surface area (Å²) in [7, 11) is 0. The van der Waals surface area contributed by atoms with E-state index in [4.69, 9.17) is 9.97 Å². The first kappa shape index (κ1) is 28.8. The molecule has 0 N–H and O–H groups in total. The van der Waals surface area contributed by atoms with E-state index in [1.54, 1.807) is 36.4 Å². The molecular weight excluding hydrogens is 718 g/mol. The summed E-state index contributed by atoms with van der Waals surface area (Å²) in [5.74, 6) is -0.888. The number of pyridine rings is 2. The molecule has 1 aliphatic carbocycles. The molecule has 0 atom stereocenters. The van der Waals surface area contributed by atoms with Crippen LogP contribution in [0.4, 0.5) is 8.78 Å². The number of nitrogens with zero attached hydrogens (tertiary/aromatic N) is 2. The zero-order chi connectivity index (χ0) is 28.9. The zero-order valence-electron chi connectivity index (χ0n) is 23.5. The van der Waals surface area contributed by atoms with Crippen LogP contribution in [0.2, 0.25) is 0 Å². The third-order valence-corrected chi connectivity index (χ3v) is 8.40. The fourth-order valence-electron chi connectivity index (χ4n) is 6.44. The Kier molecular flexibility index (Phi) is 7.44. The van der Waals surface area contributed by atoms with Gasteiger partial charge < -0.3 is 0 Å². The number of fused-ring (bicyclic) bond motifs is 2. The summed E-state index contributed by atoms with van der Waals surface area (Å²) in [6.45, 7) is 4.42. The fourth-order valence-corrected chi connectivity index (χ4v) is 6.44. The summed E-state index contributed by atoms with van der Waals surface area (Å²) in [6, 6.07) is 43.6. The van der Waals surface area contributed by atoms with E-state index >= 15 is 8.78 Å². The van der Waals surface area contributed by atoms with E-state index in [1.165, 1.54) is 12.1 Å². The number of benzene rings is 4. The molecule has 0 bridgehead atoms. The van der Waals surface area contributed by atoms with E-state index in [9.17, 15) is 0 Å². The summed E-state index contributed by atoms with van der Waals surface area (Å²) >= 11 is 0. The van der Waals surface area contributed by atoms with Gasteiger partial charge in [-0.05, 0) is 46.5 Å². The monoisotopic (exact) mass is 743 g/mol. The Hall–Kier alpha value is -4.27. The Morgan fingerprint density at radius 1 is 0.512 bits per heavy atom. The molecule has 1 aliphatic rings. The summed E-state index contributed by atoms with van der Waals surface area (Å²) in [6.07, 6.45) is 0. The average Bonchev–Trinajstić information content (AvgIpc) is 3.03. The van der Waals surface area contributed by atoms with Gasteiger partial charge >= 0.3 is 21.1 Å². The van der Waals surface area contributed by atoms with Crippen molar-refractivity contribution in [2.75, 3.05) is 0 Å². The van der Waals surface area contributed by atoms with Crippen LogP contribution in [-0.2, 0) is 31.9 Å². The van der Waals surface area contributed by atoms with E-state index < -0.39 is 17.0 Å². The van der Waals surface area contributed by atoms with Crippen LogP contribution >= 0.6 is 0 Å². The first-order chi connectivity index (χ1) is 20.4. The van der Waals surface area contributed by atoms with Crippen molar-refractivity contribution in [2.24, 2.45) is 0 Å². The van der Waals surface area contributed by atoms with Gasteiger partial charge in [0.2, 0.25) is 0 Å². The van der Waals surface area contributed by atoms with Gasteiger partial charge in [-0.25, -0.2) is 8.78 Å². The number of aromatic nitrogens is 2. The van der Waals surface area contributed by atoms with Crippen molar-refractivity contribution in [1.82, 2.24) is 9.97 Å². The predicted octanol–water partition coefficient (Wildman–Crippen LogP) is 8.71. The first-order valence-electron chi connectivity index (χ1n) is 13.9. The Labute approximate surface area is 264 Å². The van der Waals surface area contributed by atoms with Gasteiger partial charge in [-0.2, -0.15) is 0 Å². The van der Waals surface area contributed by atoms with Gasteiger partial charge in [-0.15, -0.1) is 71.8 Å². The van der Waals surface area contributed by atoms with Crippen molar-refractivity contribution < 1.29 is 29.8 Å². The maximum absolute atomic E-state index is 15.5. The van der Waals surface area contributed by atoms with Crippen molar-refractivity contribution in [3.63, 3.8) is 0 Å². The average molecular weight is 744 g/mol. The largest absolute Gasteiger partial charge is 2.00 e. The molecule has 0 amide bonds. The van der Waals surface area contributed by atoms with Crippen molar-refractivity contribution in [1.29, 1.82) is 0 Å². The molecule has 0 aliphatic heterocycles. The van der Waals surface area contributed by atoms with Crippen LogP contribution in [0.15, 0.2) is 121 Å². The smallest absolute Gasteiger partial charge is 0.297 e. The van der Waals surface area contributed by atoms with Gasteiger partial charge in [-0.1, -0.05) is 62.4 Å². The van der Waals surface area contributed by atoms with Crippen LogP contribution in [0.25, 0.3) is 22.5 Å². The van der Waals surface area contributed by atoms with Crippen molar-refractivity contribution >= 4 is 0 Å². The summed E-state index contributed by atoms with van der Waals surface area (Å²) < 4.78 is 30.9. The van der Waals surface area contributed by atoms with Crippen LogP contribution in [0.3, 0.4) is 0 Å². The number of hydrogen-bond acceptors (Lipinski definition) is 2. The minimum Gasteiger partial charge on any atom is -0.297 e. The Balaban J connectivity index is 0.00000329. The van der Waals surface area contributed by atoms with E-state index in [0.29, 0.717) is 22.5 Å². The van der Waals surface area contributed by atoms with E-state index in [1.807, 2.05) is 48.5 Å². The van der Waals surface area contributed by atoms with Crippen LogP contribution in [-0.4, -0.2) is 9.97 Å². The van der Waals surface area contributed by atoms with Crippen LogP contribution < -0.4 is 0 Å². The van der Waals surface area contributed by atoms with Crippen LogP contribution in [0.5, 0.6) is 0 Å². The van der Waals surface area contributed by atoms with Crippen LogP contribution in [0, 0.1) is 23.8 Å². The van der Waals surface area contributed by atoms with E-state index in [-0.39, 0.29) is 37.9 Å². The molecule has 43 heavy (non-hydrogen) atoms. The minimum atomic E-state index is -1.07. The minimum absolute atomic E-state index is 0. The van der Waals surface area contributed by atoms with Gasteiger partial charge in [-0.3, -0.25) is 9.97 Å². The second-order valence-electron chi connectivity index (χ2n) is 11.1. The summed E-state index contributed by atoms with van der Waals surface area (Å²) in [4.78, 5) is 10.1. The number of hydrogen-bond donors (Lipinski definition) is 0. The van der Waals surface area contributed by atoms with Gasteiger partial charge in [0, 0.05) is 16.8 Å². The third-order valence-electron chi connectivity index (χ3n) is 8.40. The predicted molar refractivity (Wildman–Crippen MR) is 161 cm³/mol. The maximum Gasteiger partial charge on any atom is 2.00 e. The van der Waals surface area contributed by atoms with Crippen LogP contribution in [0.1, 0.15) is 47.5 Å². The quantitative estimate of drug-likeness (QED) is 0.169. The molecule has 7 rings (SSSR count). The number of rotatable bonds is 4. The van der Waals surface area contributed by atoms with Gasteiger partial charge in [0.25, 0.3) is 0 Å². The van der Waals surface area contributed by atoms with E-state index in [0.717, 1.165) is 22.3 Å². The van der Waals surface area contributed by atoms with Crippen molar-refractivity contribution in [3.8, 4) is 22.5 Å². The Bertz CT molecular complexity index is 1800. The molecule has 2 heterocycles. The topological polar surface area (TPSA) is 25.8 Å². The summed E-state index contributed by atoms with van der Waals surface area (Å²) in [5.41, 5.74) is 5.41. The second kappa shape index (κ2) is 11.1. The molecule has 6 aromatic rings. The molecule has 4 aromatic carbocycles. The van der Waals surface area contributed by atoms with Gasteiger partial charge in [0.1, 0.15) is 17.0 Å². The molecule has 5 heteroatoms. The third kappa shape index (κ3) is 4.48. The van der Waals surface area contributed by atoms with Crippen molar-refractivity contribution in [2.45, 2.75) is 24.7 Å². The maximum atomic E-state index is 15.5. The standard InChI is InChI=1S/C38H26F2N2.Pt/c1-37(2)27-17-9-11-19-29(27)38(30-20-12-10-18-28(30)37,33-23-21-31(39)35(41-33)25-13-5-3-6-14-25)34-24-22-32(40)36(42-34)26-15-7-4-8-16-26;/h3-13,15,17-24H,1-2H3;/q-2;+2. The molecule has 2 aromatic heterocycles. The molecule has 0 fully saturated rings. The summed E-state index contributed by atoms with van der Waals surface area (Å²) in [5, 5.41) is 0. The molecule has 212 valence electrons. The Morgan fingerprint density at radius 2 is 0.907 bits per heavy atom. The van der Waals surface area contributed by atoms with Gasteiger partial charge in [0.15, 0.2) is 0 Å². The molecule has 0 unspecified atom stereocenters. The zero-order valence-corrected chi connectivity index (χ0v) is 25.8. The molecule has 0 radical (unpaired) electrons. The number of halogens is 2.